The van der Waals surface area contributed by atoms with Crippen molar-refractivity contribution in [3.63, 3.8) is 0 Å². The van der Waals surface area contributed by atoms with Crippen molar-refractivity contribution in [3.8, 4) is 0 Å². The van der Waals surface area contributed by atoms with E-state index >= 15 is 0 Å². The first-order valence-corrected chi connectivity index (χ1v) is 7.65. The van der Waals surface area contributed by atoms with Crippen molar-refractivity contribution in [3.05, 3.63) is 49.0 Å². The number of carbonyl (C=O) groups is 1. The van der Waals surface area contributed by atoms with Gasteiger partial charge in [0.25, 0.3) is 5.56 Å². The molecule has 2 heterocycles. The maximum atomic E-state index is 12.1. The highest BCUT2D eigenvalue weighted by atomic mass is 79.9. The second kappa shape index (κ2) is 7.21. The number of hydrogen-bond acceptors (Lipinski definition) is 4. The van der Waals surface area contributed by atoms with E-state index in [-0.39, 0.29) is 28.4 Å². The number of anilines is 1. The van der Waals surface area contributed by atoms with E-state index in [4.69, 9.17) is 11.6 Å². The van der Waals surface area contributed by atoms with Crippen LogP contribution in [-0.2, 0) is 11.3 Å². The largest absolute Gasteiger partial charge is 1.00 e. The lowest BCUT2D eigenvalue weighted by Gasteiger charge is -2.03. The molecule has 1 amide bonds. The van der Waals surface area contributed by atoms with Gasteiger partial charge in [-0.05, 0) is 30.7 Å². The molecule has 0 radical (unpaired) electrons. The Kier molecular flexibility index (Phi) is 5.55. The van der Waals surface area contributed by atoms with Crippen LogP contribution in [0.4, 0.5) is 5.69 Å². The lowest BCUT2D eigenvalue weighted by atomic mass is 10.3. The third-order valence-electron chi connectivity index (χ3n) is 3.05. The minimum absolute atomic E-state index is 0. The summed E-state index contributed by atoms with van der Waals surface area (Å²) >= 11 is 7.03. The van der Waals surface area contributed by atoms with E-state index in [1.54, 1.807) is 28.8 Å². The van der Waals surface area contributed by atoms with Gasteiger partial charge in [0.15, 0.2) is 4.80 Å². The fourth-order valence-corrected chi connectivity index (χ4v) is 3.18. The van der Waals surface area contributed by atoms with Gasteiger partial charge >= 0.3 is 0 Å². The monoisotopic (exact) mass is 400 g/mol. The molecule has 0 unspecified atom stereocenters. The molecule has 22 heavy (non-hydrogen) atoms. The Labute approximate surface area is 145 Å². The molecule has 0 fully saturated rings. The van der Waals surface area contributed by atoms with Crippen LogP contribution in [0.5, 0.6) is 0 Å². The van der Waals surface area contributed by atoms with E-state index < -0.39 is 0 Å². The van der Waals surface area contributed by atoms with Crippen LogP contribution < -0.4 is 37.2 Å². The first-order chi connectivity index (χ1) is 10.1. The van der Waals surface area contributed by atoms with Crippen molar-refractivity contribution in [1.29, 1.82) is 0 Å². The van der Waals surface area contributed by atoms with Gasteiger partial charge in [-0.1, -0.05) is 22.9 Å². The lowest BCUT2D eigenvalue weighted by Crippen LogP contribution is -3.00. The number of hydrogen-bond donors (Lipinski definition) is 1. The Hall–Kier alpha value is -1.44. The molecule has 0 spiro atoms. The van der Waals surface area contributed by atoms with Crippen LogP contribution in [0.25, 0.3) is 6.08 Å². The molecule has 8 heteroatoms. The number of benzene rings is 1. The summed E-state index contributed by atoms with van der Waals surface area (Å²) in [6.07, 6.45) is 2.18. The first-order valence-electron chi connectivity index (χ1n) is 6.46. The second-order valence-corrected chi connectivity index (χ2v) is 6.03. The molecule has 0 saturated heterocycles. The third-order valence-corrected chi connectivity index (χ3v) is 4.35. The number of thiazole rings is 1. The zero-order chi connectivity index (χ0) is 14.8. The molecule has 1 aromatic heterocycles. The fraction of sp³-hybridized carbons (Fsp3) is 0.214. The minimum Gasteiger partial charge on any atom is -1.00 e. The Balaban J connectivity index is 0.00000176. The van der Waals surface area contributed by atoms with E-state index in [2.05, 4.69) is 10.3 Å². The highest BCUT2D eigenvalue weighted by Crippen LogP contribution is 2.13. The SMILES string of the molecule is O=C(/C=c1\sc2n(c1=O)CCCN=2)Nc1ccc(Cl)cc1.[Br-]. The highest BCUT2D eigenvalue weighted by molar-refractivity contribution is 7.07. The molecule has 1 aliphatic rings. The van der Waals surface area contributed by atoms with Gasteiger partial charge in [0, 0.05) is 29.9 Å². The van der Waals surface area contributed by atoms with Crippen molar-refractivity contribution in [1.82, 2.24) is 4.57 Å². The summed E-state index contributed by atoms with van der Waals surface area (Å²) < 4.78 is 2.03. The number of carbonyl (C=O) groups excluding carboxylic acids is 1. The molecule has 1 aliphatic heterocycles. The van der Waals surface area contributed by atoms with Crippen molar-refractivity contribution in [2.45, 2.75) is 13.0 Å². The summed E-state index contributed by atoms with van der Waals surface area (Å²) in [5.41, 5.74) is 0.483. The van der Waals surface area contributed by atoms with E-state index in [0.29, 0.717) is 26.6 Å². The Bertz CT molecular complexity index is 858. The standard InChI is InChI=1S/C14H12ClN3O2S.BrH/c15-9-2-4-10(5-3-9)17-12(19)8-11-13(20)18-7-1-6-16-14(18)21-11;/h2-5,8H,1,6-7H2,(H,17,19);1H/p-1/b11-8-;. The maximum absolute atomic E-state index is 12.1. The lowest BCUT2D eigenvalue weighted by molar-refractivity contribution is -0.110. The van der Waals surface area contributed by atoms with Crippen molar-refractivity contribution in [2.24, 2.45) is 4.99 Å². The molecule has 3 rings (SSSR count). The smallest absolute Gasteiger partial charge is 0.270 e. The molecule has 5 nitrogen and oxygen atoms in total. The Morgan fingerprint density at radius 3 is 2.77 bits per heavy atom. The normalized spacial score (nSPS) is 13.8. The molecule has 0 aliphatic carbocycles. The van der Waals surface area contributed by atoms with E-state index in [1.165, 1.54) is 17.4 Å². The zero-order valence-corrected chi connectivity index (χ0v) is 14.5. The Morgan fingerprint density at radius 1 is 1.36 bits per heavy atom. The quantitative estimate of drug-likeness (QED) is 0.633. The number of nitrogens with zero attached hydrogens (tertiary/aromatic N) is 2. The molecule has 1 aromatic carbocycles. The van der Waals surface area contributed by atoms with Crippen LogP contribution in [0.3, 0.4) is 0 Å². The average molecular weight is 402 g/mol. The molecule has 0 saturated carbocycles. The average Bonchev–Trinajstić information content (AvgIpc) is 2.78. The van der Waals surface area contributed by atoms with Crippen LogP contribution >= 0.6 is 22.9 Å². The molecular weight excluding hydrogens is 390 g/mol. The molecule has 0 atom stereocenters. The third kappa shape index (κ3) is 3.66. The van der Waals surface area contributed by atoms with E-state index in [0.717, 1.165) is 13.0 Å². The van der Waals surface area contributed by atoms with Crippen molar-refractivity contribution >= 4 is 40.6 Å². The highest BCUT2D eigenvalue weighted by Gasteiger charge is 2.09. The van der Waals surface area contributed by atoms with Gasteiger partial charge in [-0.15, -0.1) is 0 Å². The van der Waals surface area contributed by atoms with Crippen LogP contribution in [0.1, 0.15) is 6.42 Å². The number of nitrogens with one attached hydrogen (secondary N) is 1. The van der Waals surface area contributed by atoms with Gasteiger partial charge in [-0.25, -0.2) is 0 Å². The van der Waals surface area contributed by atoms with Gasteiger partial charge in [0.2, 0.25) is 5.91 Å². The fourth-order valence-electron chi connectivity index (χ4n) is 2.06. The summed E-state index contributed by atoms with van der Waals surface area (Å²) in [5, 5.41) is 3.30. The van der Waals surface area contributed by atoms with Crippen LogP contribution in [0.15, 0.2) is 34.1 Å². The summed E-state index contributed by atoms with van der Waals surface area (Å²) in [4.78, 5) is 29.1. The van der Waals surface area contributed by atoms with E-state index in [9.17, 15) is 9.59 Å². The zero-order valence-electron chi connectivity index (χ0n) is 11.4. The number of fused-ring (bicyclic) bond motifs is 1. The molecule has 0 bridgehead atoms. The molecule has 1 N–H and O–H groups in total. The number of aromatic nitrogens is 1. The number of halogens is 2. The minimum atomic E-state index is -0.339. The van der Waals surface area contributed by atoms with Gasteiger partial charge < -0.3 is 22.3 Å². The maximum Gasteiger partial charge on any atom is 0.270 e. The summed E-state index contributed by atoms with van der Waals surface area (Å²) in [6.45, 7) is 1.40. The van der Waals surface area contributed by atoms with Crippen LogP contribution in [0, 0.1) is 0 Å². The van der Waals surface area contributed by atoms with Crippen LogP contribution in [0.2, 0.25) is 5.02 Å². The van der Waals surface area contributed by atoms with Gasteiger partial charge in [0.05, 0.1) is 0 Å². The topological polar surface area (TPSA) is 63.5 Å². The van der Waals surface area contributed by atoms with Gasteiger partial charge in [-0.3, -0.25) is 19.1 Å². The van der Waals surface area contributed by atoms with Crippen molar-refractivity contribution < 1.29 is 21.8 Å². The van der Waals surface area contributed by atoms with Crippen molar-refractivity contribution in [2.75, 3.05) is 11.9 Å². The molecular formula is C14H12BrClN3O2S-. The molecule has 116 valence electrons. The first kappa shape index (κ1) is 16.9. The summed E-state index contributed by atoms with van der Waals surface area (Å²) in [6, 6.07) is 6.79. The second-order valence-electron chi connectivity index (χ2n) is 4.58. The predicted molar refractivity (Wildman–Crippen MR) is 83.4 cm³/mol. The van der Waals surface area contributed by atoms with Crippen LogP contribution in [-0.4, -0.2) is 17.0 Å². The van der Waals surface area contributed by atoms with Gasteiger partial charge in [0.1, 0.15) is 4.53 Å². The predicted octanol–water partition coefficient (Wildman–Crippen LogP) is -1.99. The summed E-state index contributed by atoms with van der Waals surface area (Å²) in [5.74, 6) is -0.339. The molecule has 2 aromatic rings. The van der Waals surface area contributed by atoms with E-state index in [1.807, 2.05) is 0 Å². The number of rotatable bonds is 2. The number of amides is 1. The summed E-state index contributed by atoms with van der Waals surface area (Å²) in [7, 11) is 0. The van der Waals surface area contributed by atoms with Gasteiger partial charge in [-0.2, -0.15) is 0 Å². The Morgan fingerprint density at radius 2 is 2.09 bits per heavy atom.